The third kappa shape index (κ3) is 5.60. The summed E-state index contributed by atoms with van der Waals surface area (Å²) in [6, 6.07) is 4.84. The van der Waals surface area contributed by atoms with E-state index in [0.29, 0.717) is 6.42 Å². The van der Waals surface area contributed by atoms with E-state index in [1.807, 2.05) is 0 Å². The van der Waals surface area contributed by atoms with Crippen molar-refractivity contribution in [1.29, 1.82) is 0 Å². The molecule has 8 heteroatoms. The molecule has 3 N–H and O–H groups in total. The summed E-state index contributed by atoms with van der Waals surface area (Å²) in [6.45, 7) is -0.354. The summed E-state index contributed by atoms with van der Waals surface area (Å²) in [5.41, 5.74) is 5.00. The molecule has 1 fully saturated rings. The first-order chi connectivity index (χ1) is 12.2. The van der Waals surface area contributed by atoms with Crippen LogP contribution in [0.5, 0.6) is 5.75 Å². The number of benzene rings is 1. The van der Waals surface area contributed by atoms with Gasteiger partial charge in [-0.05, 0) is 31.4 Å². The van der Waals surface area contributed by atoms with Crippen molar-refractivity contribution in [3.63, 3.8) is 0 Å². The minimum Gasteiger partial charge on any atom is -0.490 e. The molecule has 1 saturated carbocycles. The number of hydrogen-bond donors (Lipinski definition) is 2. The van der Waals surface area contributed by atoms with E-state index in [2.05, 4.69) is 0 Å². The lowest BCUT2D eigenvalue weighted by Gasteiger charge is -2.30. The van der Waals surface area contributed by atoms with Gasteiger partial charge in [0.1, 0.15) is 18.5 Å². The summed E-state index contributed by atoms with van der Waals surface area (Å²) in [5.74, 6) is -0.607. The van der Waals surface area contributed by atoms with Crippen molar-refractivity contribution in [2.75, 3.05) is 20.2 Å². The molecule has 1 aliphatic rings. The highest BCUT2D eigenvalue weighted by molar-refractivity contribution is 5.78. The molecule has 0 bridgehead atoms. The van der Waals surface area contributed by atoms with Crippen LogP contribution in [0.15, 0.2) is 24.3 Å². The van der Waals surface area contributed by atoms with Gasteiger partial charge in [0.25, 0.3) is 0 Å². The molecular formula is C18H25F3N2O3. The van der Waals surface area contributed by atoms with Crippen molar-refractivity contribution in [3.8, 4) is 5.75 Å². The normalized spacial score (nSPS) is 21.9. The molecule has 0 spiro atoms. The maximum absolute atomic E-state index is 12.9. The van der Waals surface area contributed by atoms with E-state index in [1.165, 1.54) is 23.1 Å². The number of alkyl halides is 3. The number of hydrogen-bond acceptors (Lipinski definition) is 4. The van der Waals surface area contributed by atoms with E-state index in [1.54, 1.807) is 7.05 Å². The van der Waals surface area contributed by atoms with E-state index >= 15 is 0 Å². The zero-order chi connectivity index (χ0) is 19.3. The Morgan fingerprint density at radius 3 is 2.73 bits per heavy atom. The molecule has 5 nitrogen and oxygen atoms in total. The Labute approximate surface area is 150 Å². The molecule has 0 saturated heterocycles. The topological polar surface area (TPSA) is 75.8 Å². The second-order valence-corrected chi connectivity index (χ2v) is 6.80. The first kappa shape index (κ1) is 20.5. The van der Waals surface area contributed by atoms with Crippen LogP contribution in [0.25, 0.3) is 0 Å². The number of rotatable bonds is 6. The average molecular weight is 374 g/mol. The number of aliphatic hydroxyl groups is 1. The van der Waals surface area contributed by atoms with Crippen LogP contribution in [0.1, 0.15) is 31.2 Å². The Hall–Kier alpha value is -1.80. The molecule has 1 aromatic carbocycles. The van der Waals surface area contributed by atoms with Gasteiger partial charge in [-0.25, -0.2) is 0 Å². The second kappa shape index (κ2) is 8.73. The standard InChI is InChI=1S/C18H25F3N2O3/c1-23(17(25)12-5-4-6-13(22)9-12)10-14(24)11-26-16-8-3-2-7-15(16)18(19,20)21/h2-3,7-8,12-14,24H,4-6,9-11,22H2,1H3/t12-,13-,14-/m0/s1. The highest BCUT2D eigenvalue weighted by atomic mass is 19.4. The van der Waals surface area contributed by atoms with E-state index in [-0.39, 0.29) is 36.8 Å². The summed E-state index contributed by atoms with van der Waals surface area (Å²) in [5, 5.41) is 10.0. The SMILES string of the molecule is CN(C[C@H](O)COc1ccccc1C(F)(F)F)C(=O)[C@H]1CCC[C@H](N)C1. The minimum absolute atomic E-state index is 0.0122. The molecule has 0 radical (unpaired) electrons. The van der Waals surface area contributed by atoms with Crippen LogP contribution < -0.4 is 10.5 Å². The van der Waals surface area contributed by atoms with Gasteiger partial charge in [-0.1, -0.05) is 18.6 Å². The second-order valence-electron chi connectivity index (χ2n) is 6.80. The lowest BCUT2D eigenvalue weighted by molar-refractivity contribution is -0.139. The van der Waals surface area contributed by atoms with Crippen molar-refractivity contribution in [2.24, 2.45) is 11.7 Å². The summed E-state index contributed by atoms with van der Waals surface area (Å²) >= 11 is 0. The highest BCUT2D eigenvalue weighted by Crippen LogP contribution is 2.35. The van der Waals surface area contributed by atoms with Crippen LogP contribution in [0.3, 0.4) is 0 Å². The molecule has 3 atom stereocenters. The lowest BCUT2D eigenvalue weighted by Crippen LogP contribution is -2.42. The number of halogens is 3. The van der Waals surface area contributed by atoms with Crippen LogP contribution in [0.4, 0.5) is 13.2 Å². The van der Waals surface area contributed by atoms with E-state index in [9.17, 15) is 23.1 Å². The van der Waals surface area contributed by atoms with Crippen LogP contribution in [-0.2, 0) is 11.0 Å². The third-order valence-corrected chi connectivity index (χ3v) is 4.55. The fourth-order valence-electron chi connectivity index (χ4n) is 3.24. The van der Waals surface area contributed by atoms with Crippen molar-refractivity contribution < 1.29 is 27.8 Å². The molecule has 0 heterocycles. The monoisotopic (exact) mass is 374 g/mol. The van der Waals surface area contributed by atoms with E-state index in [0.717, 1.165) is 25.3 Å². The van der Waals surface area contributed by atoms with Gasteiger partial charge >= 0.3 is 6.18 Å². The summed E-state index contributed by atoms with van der Waals surface area (Å²) < 4.78 is 43.9. The van der Waals surface area contributed by atoms with Gasteiger partial charge < -0.3 is 20.5 Å². The quantitative estimate of drug-likeness (QED) is 0.802. The lowest BCUT2D eigenvalue weighted by atomic mass is 9.85. The fourth-order valence-corrected chi connectivity index (χ4v) is 3.24. The third-order valence-electron chi connectivity index (χ3n) is 4.55. The number of aliphatic hydroxyl groups excluding tert-OH is 1. The van der Waals surface area contributed by atoms with Crippen LogP contribution >= 0.6 is 0 Å². The van der Waals surface area contributed by atoms with Crippen LogP contribution in [0, 0.1) is 5.92 Å². The smallest absolute Gasteiger partial charge is 0.419 e. The van der Waals surface area contributed by atoms with Crippen molar-refractivity contribution in [2.45, 2.75) is 44.0 Å². The van der Waals surface area contributed by atoms with Gasteiger partial charge in [0.2, 0.25) is 5.91 Å². The molecule has 0 aliphatic heterocycles. The molecule has 0 aromatic heterocycles. The predicted molar refractivity (Wildman–Crippen MR) is 90.5 cm³/mol. The van der Waals surface area contributed by atoms with Gasteiger partial charge in [-0.3, -0.25) is 4.79 Å². The molecule has 1 amide bonds. The van der Waals surface area contributed by atoms with Crippen molar-refractivity contribution in [3.05, 3.63) is 29.8 Å². The van der Waals surface area contributed by atoms with Gasteiger partial charge in [0.15, 0.2) is 0 Å². The van der Waals surface area contributed by atoms with E-state index in [4.69, 9.17) is 10.5 Å². The Bertz CT molecular complexity index is 610. The van der Waals surface area contributed by atoms with E-state index < -0.39 is 17.8 Å². The number of carbonyl (C=O) groups is 1. The Morgan fingerprint density at radius 2 is 2.08 bits per heavy atom. The number of para-hydroxylation sites is 1. The largest absolute Gasteiger partial charge is 0.490 e. The maximum Gasteiger partial charge on any atom is 0.419 e. The first-order valence-corrected chi connectivity index (χ1v) is 8.66. The molecular weight excluding hydrogens is 349 g/mol. The van der Waals surface area contributed by atoms with Gasteiger partial charge in [-0.15, -0.1) is 0 Å². The molecule has 1 aromatic rings. The predicted octanol–water partition coefficient (Wildman–Crippen LogP) is 2.42. The molecule has 2 rings (SSSR count). The Morgan fingerprint density at radius 1 is 1.38 bits per heavy atom. The van der Waals surface area contributed by atoms with Crippen LogP contribution in [0.2, 0.25) is 0 Å². The Kier molecular flexibility index (Phi) is 6.88. The van der Waals surface area contributed by atoms with Crippen molar-refractivity contribution in [1.82, 2.24) is 4.90 Å². The van der Waals surface area contributed by atoms with Crippen molar-refractivity contribution >= 4 is 5.91 Å². The number of nitrogens with two attached hydrogens (primary N) is 1. The number of likely N-dealkylation sites (N-methyl/N-ethyl adjacent to an activating group) is 1. The molecule has 146 valence electrons. The number of ether oxygens (including phenoxy) is 1. The average Bonchev–Trinajstić information content (AvgIpc) is 2.58. The van der Waals surface area contributed by atoms with Gasteiger partial charge in [0.05, 0.1) is 5.56 Å². The zero-order valence-electron chi connectivity index (χ0n) is 14.7. The fraction of sp³-hybridized carbons (Fsp3) is 0.611. The number of amides is 1. The molecule has 0 unspecified atom stereocenters. The number of nitrogens with zero attached hydrogens (tertiary/aromatic N) is 1. The summed E-state index contributed by atoms with van der Waals surface area (Å²) in [7, 11) is 1.56. The Balaban J connectivity index is 1.87. The first-order valence-electron chi connectivity index (χ1n) is 8.66. The van der Waals surface area contributed by atoms with Crippen LogP contribution in [-0.4, -0.2) is 48.3 Å². The zero-order valence-corrected chi connectivity index (χ0v) is 14.7. The summed E-state index contributed by atoms with van der Waals surface area (Å²) in [6.07, 6.45) is -2.44. The van der Waals surface area contributed by atoms with Gasteiger partial charge in [-0.2, -0.15) is 13.2 Å². The maximum atomic E-state index is 12.9. The summed E-state index contributed by atoms with van der Waals surface area (Å²) in [4.78, 5) is 13.8. The molecule has 1 aliphatic carbocycles. The number of carbonyl (C=O) groups excluding carboxylic acids is 1. The highest BCUT2D eigenvalue weighted by Gasteiger charge is 2.34. The minimum atomic E-state index is -4.53. The van der Waals surface area contributed by atoms with Gasteiger partial charge in [0, 0.05) is 25.6 Å². The molecule has 26 heavy (non-hydrogen) atoms.